The number of benzene rings is 1. The van der Waals surface area contributed by atoms with Gasteiger partial charge < -0.3 is 9.47 Å². The Hall–Kier alpha value is -1.95. The van der Waals surface area contributed by atoms with Crippen LogP contribution < -0.4 is 4.74 Å². The zero-order valence-electron chi connectivity index (χ0n) is 9.55. The molecule has 1 aromatic heterocycles. The topological polar surface area (TPSA) is 48.4 Å². The number of aromatic nitrogens is 1. The number of ether oxygens (including phenoxy) is 2. The normalized spacial score (nSPS) is 10.1. The Balaban J connectivity index is 2.09. The number of hydrogen-bond acceptors (Lipinski definition) is 5. The highest BCUT2D eigenvalue weighted by atomic mass is 32.1. The Morgan fingerprint density at radius 2 is 2.33 bits per heavy atom. The lowest BCUT2D eigenvalue weighted by molar-refractivity contribution is 0.0470. The molecule has 6 heteroatoms. The van der Waals surface area contributed by atoms with Gasteiger partial charge >= 0.3 is 5.97 Å². The Morgan fingerprint density at radius 1 is 1.50 bits per heavy atom. The van der Waals surface area contributed by atoms with Gasteiger partial charge in [-0.3, -0.25) is 4.98 Å². The van der Waals surface area contributed by atoms with Crippen LogP contribution in [0.2, 0.25) is 0 Å². The number of halogens is 1. The molecule has 18 heavy (non-hydrogen) atoms. The summed E-state index contributed by atoms with van der Waals surface area (Å²) in [5, 5.41) is 0. The Kier molecular flexibility index (Phi) is 3.88. The number of carbonyl (C=O) groups excluding carboxylic acids is 1. The van der Waals surface area contributed by atoms with Gasteiger partial charge in [0, 0.05) is 6.20 Å². The highest BCUT2D eigenvalue weighted by molar-refractivity contribution is 7.09. The van der Waals surface area contributed by atoms with Gasteiger partial charge in [0.25, 0.3) is 0 Å². The molecule has 0 N–H and O–H groups in total. The monoisotopic (exact) mass is 267 g/mol. The second-order valence-electron chi connectivity index (χ2n) is 3.37. The molecule has 0 saturated carbocycles. The van der Waals surface area contributed by atoms with Crippen LogP contribution in [0.5, 0.6) is 5.75 Å². The first-order valence-corrected chi connectivity index (χ1v) is 5.97. The summed E-state index contributed by atoms with van der Waals surface area (Å²) >= 11 is 1.37. The molecular weight excluding hydrogens is 257 g/mol. The third-order valence-corrected chi connectivity index (χ3v) is 2.99. The lowest BCUT2D eigenvalue weighted by Gasteiger charge is -2.07. The molecule has 0 aliphatic rings. The van der Waals surface area contributed by atoms with E-state index in [-0.39, 0.29) is 17.9 Å². The Morgan fingerprint density at radius 3 is 3.00 bits per heavy atom. The van der Waals surface area contributed by atoms with Crippen LogP contribution in [0.15, 0.2) is 29.9 Å². The van der Waals surface area contributed by atoms with Gasteiger partial charge in [-0.05, 0) is 12.1 Å². The molecule has 0 unspecified atom stereocenters. The maximum atomic E-state index is 13.8. The first-order chi connectivity index (χ1) is 8.72. The maximum Gasteiger partial charge on any atom is 0.341 e. The Bertz CT molecular complexity index is 542. The number of methoxy groups -OCH3 is 1. The fourth-order valence-electron chi connectivity index (χ4n) is 1.35. The van der Waals surface area contributed by atoms with Gasteiger partial charge in [-0.2, -0.15) is 0 Å². The molecule has 0 amide bonds. The first kappa shape index (κ1) is 12.5. The van der Waals surface area contributed by atoms with Gasteiger partial charge in [-0.1, -0.05) is 6.07 Å². The lowest BCUT2D eigenvalue weighted by atomic mass is 10.2. The molecule has 94 valence electrons. The average Bonchev–Trinajstić information content (AvgIpc) is 2.89. The summed E-state index contributed by atoms with van der Waals surface area (Å²) in [5.74, 6) is -1.42. The van der Waals surface area contributed by atoms with Crippen molar-refractivity contribution in [2.75, 3.05) is 7.11 Å². The van der Waals surface area contributed by atoms with Crippen molar-refractivity contribution in [2.45, 2.75) is 6.61 Å². The van der Waals surface area contributed by atoms with Crippen molar-refractivity contribution in [3.8, 4) is 5.75 Å². The zero-order valence-corrected chi connectivity index (χ0v) is 10.4. The number of carbonyl (C=O) groups is 1. The molecule has 0 aliphatic heterocycles. The summed E-state index contributed by atoms with van der Waals surface area (Å²) in [6.45, 7) is 0.0835. The van der Waals surface area contributed by atoms with E-state index in [1.807, 2.05) is 0 Å². The molecule has 0 saturated heterocycles. The van der Waals surface area contributed by atoms with Gasteiger partial charge in [0.15, 0.2) is 11.6 Å². The third-order valence-electron chi connectivity index (χ3n) is 2.23. The van der Waals surface area contributed by atoms with Crippen molar-refractivity contribution >= 4 is 17.3 Å². The number of thiazole rings is 1. The van der Waals surface area contributed by atoms with E-state index in [1.165, 1.54) is 36.6 Å². The van der Waals surface area contributed by atoms with Crippen molar-refractivity contribution in [1.82, 2.24) is 4.98 Å². The fourth-order valence-corrected chi connectivity index (χ4v) is 1.86. The molecule has 4 nitrogen and oxygen atoms in total. The minimum atomic E-state index is -0.722. The molecule has 2 rings (SSSR count). The molecule has 0 aliphatic carbocycles. The fraction of sp³-hybridized carbons (Fsp3) is 0.167. The SMILES string of the molecule is COc1cccc(C(=O)OCc2cncs2)c1F. The van der Waals surface area contributed by atoms with Crippen molar-refractivity contribution < 1.29 is 18.7 Å². The standard InChI is InChI=1S/C12H10FNO3S/c1-16-10-4-2-3-9(11(10)13)12(15)17-6-8-5-14-7-18-8/h2-5,7H,6H2,1H3. The Labute approximate surface area is 107 Å². The van der Waals surface area contributed by atoms with Crippen LogP contribution >= 0.6 is 11.3 Å². The summed E-state index contributed by atoms with van der Waals surface area (Å²) in [7, 11) is 1.34. The summed E-state index contributed by atoms with van der Waals surface area (Å²) in [5.41, 5.74) is 1.49. The highest BCUT2D eigenvalue weighted by Crippen LogP contribution is 2.21. The van der Waals surface area contributed by atoms with Crippen LogP contribution in [-0.2, 0) is 11.3 Å². The highest BCUT2D eigenvalue weighted by Gasteiger charge is 2.16. The second kappa shape index (κ2) is 5.59. The third kappa shape index (κ3) is 2.65. The molecule has 0 fully saturated rings. The molecule has 0 atom stereocenters. The number of esters is 1. The minimum absolute atomic E-state index is 0.0160. The van der Waals surface area contributed by atoms with Crippen LogP contribution in [0.1, 0.15) is 15.2 Å². The predicted octanol–water partition coefficient (Wildman–Crippen LogP) is 2.65. The quantitative estimate of drug-likeness (QED) is 0.799. The largest absolute Gasteiger partial charge is 0.494 e. The van der Waals surface area contributed by atoms with E-state index >= 15 is 0 Å². The molecule has 0 spiro atoms. The van der Waals surface area contributed by atoms with Gasteiger partial charge in [0.2, 0.25) is 0 Å². The molecular formula is C12H10FNO3S. The number of hydrogen-bond donors (Lipinski definition) is 0. The summed E-state index contributed by atoms with van der Waals surface area (Å²) < 4.78 is 23.5. The van der Waals surface area contributed by atoms with Crippen LogP contribution in [0.3, 0.4) is 0 Å². The molecule has 2 aromatic rings. The van der Waals surface area contributed by atoms with Crippen LogP contribution in [-0.4, -0.2) is 18.1 Å². The van der Waals surface area contributed by atoms with E-state index in [0.29, 0.717) is 0 Å². The van der Waals surface area contributed by atoms with Gasteiger partial charge in [-0.15, -0.1) is 11.3 Å². The minimum Gasteiger partial charge on any atom is -0.494 e. The van der Waals surface area contributed by atoms with Crippen molar-refractivity contribution in [3.05, 3.63) is 46.2 Å². The van der Waals surface area contributed by atoms with E-state index in [9.17, 15) is 9.18 Å². The van der Waals surface area contributed by atoms with Crippen LogP contribution in [0, 0.1) is 5.82 Å². The van der Waals surface area contributed by atoms with Gasteiger partial charge in [-0.25, -0.2) is 9.18 Å². The van der Waals surface area contributed by atoms with Crippen LogP contribution in [0.25, 0.3) is 0 Å². The van der Waals surface area contributed by atoms with E-state index in [1.54, 1.807) is 11.7 Å². The lowest BCUT2D eigenvalue weighted by Crippen LogP contribution is -2.08. The summed E-state index contributed by atoms with van der Waals surface area (Å²) in [6.07, 6.45) is 1.60. The van der Waals surface area contributed by atoms with E-state index in [2.05, 4.69) is 4.98 Å². The van der Waals surface area contributed by atoms with Crippen LogP contribution in [0.4, 0.5) is 4.39 Å². The molecule has 0 bridgehead atoms. The molecule has 0 radical (unpaired) electrons. The smallest absolute Gasteiger partial charge is 0.341 e. The molecule has 1 aromatic carbocycles. The summed E-state index contributed by atoms with van der Waals surface area (Å²) in [6, 6.07) is 4.33. The van der Waals surface area contributed by atoms with E-state index in [0.717, 1.165) is 4.88 Å². The first-order valence-electron chi connectivity index (χ1n) is 5.09. The average molecular weight is 267 g/mol. The van der Waals surface area contributed by atoms with Crippen molar-refractivity contribution in [1.29, 1.82) is 0 Å². The maximum absolute atomic E-state index is 13.8. The number of rotatable bonds is 4. The van der Waals surface area contributed by atoms with Crippen molar-refractivity contribution in [3.63, 3.8) is 0 Å². The summed E-state index contributed by atoms with van der Waals surface area (Å²) in [4.78, 5) is 16.3. The zero-order chi connectivity index (χ0) is 13.0. The van der Waals surface area contributed by atoms with Gasteiger partial charge in [0.1, 0.15) is 6.61 Å². The number of nitrogens with zero attached hydrogens (tertiary/aromatic N) is 1. The van der Waals surface area contributed by atoms with Gasteiger partial charge in [0.05, 0.1) is 23.1 Å². The molecule has 1 heterocycles. The van der Waals surface area contributed by atoms with E-state index in [4.69, 9.17) is 9.47 Å². The predicted molar refractivity (Wildman–Crippen MR) is 64.2 cm³/mol. The second-order valence-corrected chi connectivity index (χ2v) is 4.34. The van der Waals surface area contributed by atoms with E-state index < -0.39 is 11.8 Å². The van der Waals surface area contributed by atoms with Crippen molar-refractivity contribution in [2.24, 2.45) is 0 Å².